The summed E-state index contributed by atoms with van der Waals surface area (Å²) >= 11 is 0. The first kappa shape index (κ1) is 22.3. The second-order valence-corrected chi connectivity index (χ2v) is 7.73. The highest BCUT2D eigenvalue weighted by molar-refractivity contribution is 6.01. The van der Waals surface area contributed by atoms with Crippen LogP contribution in [0.5, 0.6) is 5.88 Å². The first-order valence-corrected chi connectivity index (χ1v) is 10.6. The number of hydrogen-bond acceptors (Lipinski definition) is 7. The van der Waals surface area contributed by atoms with Crippen LogP contribution < -0.4 is 10.5 Å². The Morgan fingerprint density at radius 2 is 1.86 bits per heavy atom. The van der Waals surface area contributed by atoms with E-state index >= 15 is 0 Å². The predicted molar refractivity (Wildman–Crippen MR) is 121 cm³/mol. The minimum Gasteiger partial charge on any atom is -0.481 e. The molecule has 0 saturated carbocycles. The number of hydrogen-bond donors (Lipinski definition) is 1. The second-order valence-electron chi connectivity index (χ2n) is 7.73. The summed E-state index contributed by atoms with van der Waals surface area (Å²) in [6, 6.07) is 4.40. The van der Waals surface area contributed by atoms with E-state index in [2.05, 4.69) is 25.3 Å². The molecule has 1 aromatic carbocycles. The summed E-state index contributed by atoms with van der Waals surface area (Å²) in [6.07, 6.45) is 6.36. The van der Waals surface area contributed by atoms with Crippen LogP contribution in [0.2, 0.25) is 0 Å². The molecule has 0 fully saturated rings. The maximum atomic E-state index is 14.1. The quantitative estimate of drug-likeness (QED) is 0.390. The largest absolute Gasteiger partial charge is 0.481 e. The van der Waals surface area contributed by atoms with E-state index in [4.69, 9.17) is 10.5 Å². The number of ether oxygens (including phenoxy) is 1. The number of aromatic nitrogens is 7. The van der Waals surface area contributed by atoms with E-state index in [1.807, 2.05) is 11.5 Å². The highest BCUT2D eigenvalue weighted by atomic mass is 19.2. The van der Waals surface area contributed by atoms with Crippen LogP contribution in [0.4, 0.5) is 19.0 Å². The molecule has 0 radical (unpaired) electrons. The molecule has 0 saturated heterocycles. The van der Waals surface area contributed by atoms with Gasteiger partial charge in [-0.1, -0.05) is 12.1 Å². The Morgan fingerprint density at radius 3 is 2.60 bits per heavy atom. The van der Waals surface area contributed by atoms with Gasteiger partial charge in [0.15, 0.2) is 11.6 Å². The van der Waals surface area contributed by atoms with Crippen LogP contribution in [0.25, 0.3) is 27.8 Å². The molecule has 0 spiro atoms. The predicted octanol–water partition coefficient (Wildman–Crippen LogP) is 4.08. The van der Waals surface area contributed by atoms with Crippen molar-refractivity contribution < 1.29 is 17.9 Å². The molecule has 0 amide bonds. The van der Waals surface area contributed by atoms with E-state index in [0.29, 0.717) is 40.0 Å². The monoisotopic (exact) mass is 480 g/mol. The summed E-state index contributed by atoms with van der Waals surface area (Å²) < 4.78 is 49.7. The van der Waals surface area contributed by atoms with Crippen LogP contribution in [0.3, 0.4) is 0 Å². The number of methoxy groups -OCH3 is 1. The van der Waals surface area contributed by atoms with Crippen molar-refractivity contribution in [1.82, 2.24) is 34.5 Å². The summed E-state index contributed by atoms with van der Waals surface area (Å²) in [6.45, 7) is 1.95. The molecule has 1 unspecified atom stereocenters. The zero-order valence-electron chi connectivity index (χ0n) is 18.7. The van der Waals surface area contributed by atoms with Crippen LogP contribution in [-0.4, -0.2) is 41.6 Å². The van der Waals surface area contributed by atoms with Crippen LogP contribution in [0, 0.1) is 17.5 Å². The number of nitrogen functional groups attached to an aromatic ring is 1. The number of anilines is 1. The van der Waals surface area contributed by atoms with Crippen molar-refractivity contribution in [2.75, 3.05) is 12.8 Å². The second kappa shape index (κ2) is 8.70. The number of halogens is 3. The number of pyridine rings is 1. The summed E-state index contributed by atoms with van der Waals surface area (Å²) in [5, 5.41) is 8.84. The van der Waals surface area contributed by atoms with Crippen molar-refractivity contribution in [3.05, 3.63) is 72.3 Å². The van der Waals surface area contributed by atoms with Gasteiger partial charge in [0.1, 0.15) is 29.3 Å². The molecule has 9 nitrogen and oxygen atoms in total. The van der Waals surface area contributed by atoms with Crippen molar-refractivity contribution in [1.29, 1.82) is 0 Å². The smallest absolute Gasteiger partial charge is 0.221 e. The molecule has 12 heteroatoms. The minimum absolute atomic E-state index is 0.204. The van der Waals surface area contributed by atoms with Gasteiger partial charge < -0.3 is 15.0 Å². The van der Waals surface area contributed by atoms with Gasteiger partial charge in [0.25, 0.3) is 0 Å². The van der Waals surface area contributed by atoms with Crippen molar-refractivity contribution in [3.63, 3.8) is 0 Å². The maximum absolute atomic E-state index is 14.1. The summed E-state index contributed by atoms with van der Waals surface area (Å²) in [5.74, 6) is -2.07. The first-order chi connectivity index (χ1) is 16.9. The van der Waals surface area contributed by atoms with E-state index in [9.17, 15) is 13.2 Å². The van der Waals surface area contributed by atoms with Gasteiger partial charge in [-0.25, -0.2) is 32.8 Å². The number of rotatable bonds is 6. The zero-order valence-corrected chi connectivity index (χ0v) is 18.7. The molecule has 0 bridgehead atoms. The molecule has 2 N–H and O–H groups in total. The summed E-state index contributed by atoms with van der Waals surface area (Å²) in [7, 11) is 1.44. The average Bonchev–Trinajstić information content (AvgIpc) is 3.48. The van der Waals surface area contributed by atoms with Crippen molar-refractivity contribution >= 4 is 16.9 Å². The Hall–Kier alpha value is -4.48. The molecule has 5 rings (SSSR count). The van der Waals surface area contributed by atoms with Gasteiger partial charge >= 0.3 is 0 Å². The normalized spacial score (nSPS) is 12.3. The van der Waals surface area contributed by atoms with Gasteiger partial charge in [0.05, 0.1) is 36.6 Å². The van der Waals surface area contributed by atoms with Crippen LogP contribution in [0.15, 0.2) is 49.2 Å². The van der Waals surface area contributed by atoms with E-state index < -0.39 is 17.5 Å². The average molecular weight is 480 g/mol. The zero-order chi connectivity index (χ0) is 24.7. The Kier molecular flexibility index (Phi) is 5.55. The molecular formula is C23H19F3N8O. The SMILES string of the molecule is CCC(c1cn(-c2ccc(F)c(F)c2)nn1)n1cc(-c2cc(F)cnc2OC)c2c(N)ncnc21. The number of fused-ring (bicyclic) bond motifs is 1. The fraction of sp³-hybridized carbons (Fsp3) is 0.174. The third-order valence-electron chi connectivity index (χ3n) is 5.68. The number of benzene rings is 1. The van der Waals surface area contributed by atoms with E-state index in [0.717, 1.165) is 18.3 Å². The highest BCUT2D eigenvalue weighted by Crippen LogP contribution is 2.39. The third-order valence-corrected chi connectivity index (χ3v) is 5.68. The molecule has 0 aliphatic carbocycles. The molecule has 5 aromatic rings. The summed E-state index contributed by atoms with van der Waals surface area (Å²) in [4.78, 5) is 12.5. The lowest BCUT2D eigenvalue weighted by Crippen LogP contribution is -2.10. The molecule has 1 atom stereocenters. The van der Waals surface area contributed by atoms with Crippen LogP contribution in [-0.2, 0) is 0 Å². The molecular weight excluding hydrogens is 461 g/mol. The number of nitrogens with zero attached hydrogens (tertiary/aromatic N) is 7. The van der Waals surface area contributed by atoms with Gasteiger partial charge in [-0.15, -0.1) is 5.10 Å². The topological polar surface area (TPSA) is 110 Å². The standard InChI is InChI=1S/C23H19F3N8O/c1-3-19(18-10-34(32-31-18)13-4-5-16(25)17(26)7-13)33-9-15(20-21(27)29-11-30-22(20)33)14-6-12(24)8-28-23(14)35-2/h4-11,19H,3H2,1-2H3,(H2,27,29,30). The van der Waals surface area contributed by atoms with E-state index in [1.54, 1.807) is 12.4 Å². The molecule has 0 aliphatic heterocycles. The first-order valence-electron chi connectivity index (χ1n) is 10.6. The highest BCUT2D eigenvalue weighted by Gasteiger charge is 2.25. The van der Waals surface area contributed by atoms with E-state index in [1.165, 1.54) is 30.3 Å². The van der Waals surface area contributed by atoms with Gasteiger partial charge in [-0.3, -0.25) is 0 Å². The van der Waals surface area contributed by atoms with Crippen LogP contribution >= 0.6 is 0 Å². The van der Waals surface area contributed by atoms with Crippen molar-refractivity contribution in [3.8, 4) is 22.7 Å². The van der Waals surface area contributed by atoms with Gasteiger partial charge in [-0.05, 0) is 24.6 Å². The Labute approximate surface area is 197 Å². The Bertz CT molecular complexity index is 1550. The van der Waals surface area contributed by atoms with Gasteiger partial charge in [0.2, 0.25) is 5.88 Å². The maximum Gasteiger partial charge on any atom is 0.221 e. The minimum atomic E-state index is -0.988. The fourth-order valence-electron chi connectivity index (χ4n) is 4.06. The Balaban J connectivity index is 1.66. The van der Waals surface area contributed by atoms with Gasteiger partial charge in [-0.2, -0.15) is 0 Å². The lowest BCUT2D eigenvalue weighted by Gasteiger charge is -2.15. The van der Waals surface area contributed by atoms with Crippen molar-refractivity contribution in [2.45, 2.75) is 19.4 Å². The Morgan fingerprint density at radius 1 is 1.03 bits per heavy atom. The van der Waals surface area contributed by atoms with Gasteiger partial charge in [0, 0.05) is 23.4 Å². The lowest BCUT2D eigenvalue weighted by atomic mass is 10.1. The van der Waals surface area contributed by atoms with Crippen molar-refractivity contribution in [2.24, 2.45) is 0 Å². The molecule has 4 heterocycles. The molecule has 4 aromatic heterocycles. The molecule has 178 valence electrons. The fourth-order valence-corrected chi connectivity index (χ4v) is 4.06. The summed E-state index contributed by atoms with van der Waals surface area (Å²) in [5.41, 5.74) is 8.48. The third kappa shape index (κ3) is 3.82. The van der Waals surface area contributed by atoms with Crippen LogP contribution in [0.1, 0.15) is 25.1 Å². The van der Waals surface area contributed by atoms with E-state index in [-0.39, 0.29) is 17.7 Å². The lowest BCUT2D eigenvalue weighted by molar-refractivity contribution is 0.398. The molecule has 0 aliphatic rings. The number of nitrogens with two attached hydrogens (primary N) is 1. The molecule has 35 heavy (non-hydrogen) atoms.